The maximum absolute atomic E-state index is 13.6. The first-order chi connectivity index (χ1) is 9.49. The molecule has 2 rings (SSSR count). The smallest absolute Gasteiger partial charge is 0.233 e. The van der Waals surface area contributed by atoms with Crippen LogP contribution in [0.15, 0.2) is 18.2 Å². The van der Waals surface area contributed by atoms with Gasteiger partial charge in [0.2, 0.25) is 17.2 Å². The lowest BCUT2D eigenvalue weighted by molar-refractivity contribution is 0.386. The van der Waals surface area contributed by atoms with E-state index in [0.29, 0.717) is 11.6 Å². The maximum atomic E-state index is 13.6. The van der Waals surface area contributed by atoms with E-state index in [1.807, 2.05) is 0 Å². The lowest BCUT2D eigenvalue weighted by Crippen LogP contribution is -2.14. The third-order valence-electron chi connectivity index (χ3n) is 2.40. The van der Waals surface area contributed by atoms with Gasteiger partial charge < -0.3 is 15.0 Å². The number of hydrogen-bond acceptors (Lipinski definition) is 6. The molecule has 106 valence electrons. The fourth-order valence-electron chi connectivity index (χ4n) is 1.47. The second kappa shape index (κ2) is 5.87. The molecular formula is C12H13ClFN5O. The van der Waals surface area contributed by atoms with E-state index in [9.17, 15) is 4.39 Å². The van der Waals surface area contributed by atoms with Crippen molar-refractivity contribution in [2.75, 3.05) is 31.4 Å². The number of nitrogens with zero attached hydrogens (tertiary/aromatic N) is 4. The van der Waals surface area contributed by atoms with E-state index in [1.165, 1.54) is 19.2 Å². The van der Waals surface area contributed by atoms with Crippen LogP contribution in [0.5, 0.6) is 5.75 Å². The molecule has 0 aliphatic rings. The highest BCUT2D eigenvalue weighted by atomic mass is 35.5. The zero-order valence-electron chi connectivity index (χ0n) is 11.2. The number of nitrogens with one attached hydrogen (secondary N) is 1. The van der Waals surface area contributed by atoms with Crippen molar-refractivity contribution >= 4 is 29.2 Å². The summed E-state index contributed by atoms with van der Waals surface area (Å²) in [7, 11) is 4.96. The van der Waals surface area contributed by atoms with Gasteiger partial charge in [0.05, 0.1) is 7.11 Å². The Kier molecular flexibility index (Phi) is 4.19. The van der Waals surface area contributed by atoms with Crippen molar-refractivity contribution in [3.63, 3.8) is 0 Å². The molecule has 0 saturated heterocycles. The number of ether oxygens (including phenoxy) is 1. The van der Waals surface area contributed by atoms with Gasteiger partial charge in [0, 0.05) is 25.8 Å². The van der Waals surface area contributed by atoms with E-state index in [-0.39, 0.29) is 17.0 Å². The first-order valence-corrected chi connectivity index (χ1v) is 6.07. The number of anilines is 3. The van der Waals surface area contributed by atoms with Gasteiger partial charge in [-0.25, -0.2) is 4.39 Å². The minimum absolute atomic E-state index is 0.0557. The first-order valence-electron chi connectivity index (χ1n) is 5.69. The molecule has 8 heteroatoms. The quantitative estimate of drug-likeness (QED) is 0.935. The molecule has 6 nitrogen and oxygen atoms in total. The highest BCUT2D eigenvalue weighted by molar-refractivity contribution is 6.28. The Labute approximate surface area is 120 Å². The van der Waals surface area contributed by atoms with Gasteiger partial charge in [-0.05, 0) is 23.7 Å². The van der Waals surface area contributed by atoms with Crippen molar-refractivity contribution in [1.29, 1.82) is 0 Å². The Bertz CT molecular complexity index is 623. The second-order valence-electron chi connectivity index (χ2n) is 4.10. The largest absolute Gasteiger partial charge is 0.494 e. The standard InChI is InChI=1S/C12H13ClFN5O/c1-19(2)12-17-10(13)16-11(18-12)15-7-4-5-9(20-3)8(14)6-7/h4-6H,1-3H3,(H,15,16,17,18). The second-order valence-corrected chi connectivity index (χ2v) is 4.43. The summed E-state index contributed by atoms with van der Waals surface area (Å²) in [5, 5.41) is 2.92. The number of hydrogen-bond donors (Lipinski definition) is 1. The van der Waals surface area contributed by atoms with E-state index >= 15 is 0 Å². The van der Waals surface area contributed by atoms with E-state index in [0.717, 1.165) is 0 Å². The molecule has 1 heterocycles. The number of aromatic nitrogens is 3. The third-order valence-corrected chi connectivity index (χ3v) is 2.57. The van der Waals surface area contributed by atoms with Crippen molar-refractivity contribution in [3.05, 3.63) is 29.3 Å². The molecule has 0 fully saturated rings. The normalized spacial score (nSPS) is 10.2. The van der Waals surface area contributed by atoms with Crippen molar-refractivity contribution in [3.8, 4) is 5.75 Å². The average Bonchev–Trinajstić information content (AvgIpc) is 2.38. The monoisotopic (exact) mass is 297 g/mol. The summed E-state index contributed by atoms with van der Waals surface area (Å²) in [5.74, 6) is 0.323. The maximum Gasteiger partial charge on any atom is 0.233 e. The highest BCUT2D eigenvalue weighted by Crippen LogP contribution is 2.23. The minimum atomic E-state index is -0.481. The summed E-state index contributed by atoms with van der Waals surface area (Å²) in [6, 6.07) is 4.44. The zero-order valence-corrected chi connectivity index (χ0v) is 11.9. The minimum Gasteiger partial charge on any atom is -0.494 e. The third kappa shape index (κ3) is 3.24. The summed E-state index contributed by atoms with van der Waals surface area (Å²) in [6.45, 7) is 0. The van der Waals surface area contributed by atoms with Crippen LogP contribution in [0.1, 0.15) is 0 Å². The van der Waals surface area contributed by atoms with Gasteiger partial charge in [-0.3, -0.25) is 0 Å². The van der Waals surface area contributed by atoms with Crippen LogP contribution in [0.3, 0.4) is 0 Å². The molecule has 0 spiro atoms. The van der Waals surface area contributed by atoms with Crippen molar-refractivity contribution < 1.29 is 9.13 Å². The molecule has 0 aliphatic carbocycles. The molecule has 1 aromatic heterocycles. The molecule has 0 radical (unpaired) electrons. The van der Waals surface area contributed by atoms with Gasteiger partial charge in [0.15, 0.2) is 11.6 Å². The van der Waals surface area contributed by atoms with Gasteiger partial charge in [0.25, 0.3) is 0 Å². The van der Waals surface area contributed by atoms with E-state index in [2.05, 4.69) is 20.3 Å². The Hall–Kier alpha value is -2.15. The van der Waals surface area contributed by atoms with Crippen molar-refractivity contribution in [1.82, 2.24) is 15.0 Å². The number of rotatable bonds is 4. The molecular weight excluding hydrogens is 285 g/mol. The summed E-state index contributed by atoms with van der Waals surface area (Å²) in [5.41, 5.74) is 0.482. The molecule has 20 heavy (non-hydrogen) atoms. The number of halogens is 2. The van der Waals surface area contributed by atoms with Gasteiger partial charge >= 0.3 is 0 Å². The Morgan fingerprint density at radius 3 is 2.60 bits per heavy atom. The molecule has 1 aromatic carbocycles. The lowest BCUT2D eigenvalue weighted by Gasteiger charge is -2.12. The molecule has 0 aliphatic heterocycles. The molecule has 2 aromatic rings. The number of benzene rings is 1. The summed E-state index contributed by atoms with van der Waals surface area (Å²) in [6.07, 6.45) is 0. The number of methoxy groups -OCH3 is 1. The average molecular weight is 298 g/mol. The van der Waals surface area contributed by atoms with E-state index < -0.39 is 5.82 Å². The van der Waals surface area contributed by atoms with Gasteiger partial charge in [-0.1, -0.05) is 0 Å². The molecule has 0 unspecified atom stereocenters. The molecule has 0 bridgehead atoms. The Balaban J connectivity index is 2.27. The van der Waals surface area contributed by atoms with Gasteiger partial charge in [-0.15, -0.1) is 0 Å². The van der Waals surface area contributed by atoms with Crippen molar-refractivity contribution in [2.45, 2.75) is 0 Å². The highest BCUT2D eigenvalue weighted by Gasteiger charge is 2.08. The van der Waals surface area contributed by atoms with Crippen LogP contribution in [-0.2, 0) is 0 Å². The van der Waals surface area contributed by atoms with Crippen LogP contribution in [0.2, 0.25) is 5.28 Å². The summed E-state index contributed by atoms with van der Waals surface area (Å²) < 4.78 is 18.4. The Morgan fingerprint density at radius 2 is 2.00 bits per heavy atom. The summed E-state index contributed by atoms with van der Waals surface area (Å²) >= 11 is 5.82. The predicted molar refractivity (Wildman–Crippen MR) is 75.4 cm³/mol. The van der Waals surface area contributed by atoms with E-state index in [4.69, 9.17) is 16.3 Å². The van der Waals surface area contributed by atoms with Crippen LogP contribution in [0, 0.1) is 5.82 Å². The van der Waals surface area contributed by atoms with Crippen LogP contribution in [0.25, 0.3) is 0 Å². The van der Waals surface area contributed by atoms with Crippen LogP contribution in [-0.4, -0.2) is 36.2 Å². The SMILES string of the molecule is COc1ccc(Nc2nc(Cl)nc(N(C)C)n2)cc1F. The topological polar surface area (TPSA) is 63.2 Å². The molecule has 0 amide bonds. The zero-order chi connectivity index (χ0) is 14.7. The van der Waals surface area contributed by atoms with E-state index in [1.54, 1.807) is 25.1 Å². The van der Waals surface area contributed by atoms with Crippen molar-refractivity contribution in [2.24, 2.45) is 0 Å². The molecule has 1 N–H and O–H groups in total. The van der Waals surface area contributed by atoms with Gasteiger partial charge in [0.1, 0.15) is 0 Å². The van der Waals surface area contributed by atoms with Crippen LogP contribution < -0.4 is 15.0 Å². The first kappa shape index (κ1) is 14.3. The predicted octanol–water partition coefficient (Wildman–Crippen LogP) is 2.48. The van der Waals surface area contributed by atoms with Crippen LogP contribution in [0.4, 0.5) is 22.0 Å². The molecule has 0 atom stereocenters. The fraction of sp³-hybridized carbons (Fsp3) is 0.250. The Morgan fingerprint density at radius 1 is 1.25 bits per heavy atom. The lowest BCUT2D eigenvalue weighted by atomic mass is 10.3. The fourth-order valence-corrected chi connectivity index (χ4v) is 1.62. The van der Waals surface area contributed by atoms with Crippen LogP contribution >= 0.6 is 11.6 Å². The van der Waals surface area contributed by atoms with Gasteiger partial charge in [-0.2, -0.15) is 15.0 Å². The molecule has 0 saturated carbocycles. The summed E-state index contributed by atoms with van der Waals surface area (Å²) in [4.78, 5) is 13.7.